The van der Waals surface area contributed by atoms with E-state index in [1.54, 1.807) is 24.3 Å². The Morgan fingerprint density at radius 1 is 0.966 bits per heavy atom. The first kappa shape index (κ1) is 22.0. The van der Waals surface area contributed by atoms with Crippen LogP contribution >= 0.6 is 0 Å². The molecule has 0 radical (unpaired) electrons. The molecule has 0 spiro atoms. The summed E-state index contributed by atoms with van der Waals surface area (Å²) in [7, 11) is -4.22. The summed E-state index contributed by atoms with van der Waals surface area (Å²) < 4.78 is 37.7. The predicted molar refractivity (Wildman–Crippen MR) is 103 cm³/mol. The SMILES string of the molecule is CCOc1ccc(OCCNS(=O)(=O)c2cc([N+](=O)[O-])c(C)c([N+](=O)[O-])c2)cc1. The summed E-state index contributed by atoms with van der Waals surface area (Å²) in [5.74, 6) is 1.16. The molecule has 12 heteroatoms. The largest absolute Gasteiger partial charge is 0.494 e. The summed E-state index contributed by atoms with van der Waals surface area (Å²) in [4.78, 5) is 19.9. The van der Waals surface area contributed by atoms with Crippen LogP contribution in [0.2, 0.25) is 0 Å². The highest BCUT2D eigenvalue weighted by atomic mass is 32.2. The Hall–Kier alpha value is -3.25. The lowest BCUT2D eigenvalue weighted by Gasteiger charge is -2.10. The summed E-state index contributed by atoms with van der Waals surface area (Å²) in [6.07, 6.45) is 0. The minimum Gasteiger partial charge on any atom is -0.494 e. The summed E-state index contributed by atoms with van der Waals surface area (Å²) in [5, 5.41) is 22.2. The molecule has 11 nitrogen and oxygen atoms in total. The van der Waals surface area contributed by atoms with Crippen molar-refractivity contribution in [2.75, 3.05) is 19.8 Å². The van der Waals surface area contributed by atoms with Crippen molar-refractivity contribution in [2.45, 2.75) is 18.7 Å². The van der Waals surface area contributed by atoms with E-state index in [-0.39, 0.29) is 18.7 Å². The van der Waals surface area contributed by atoms with Crippen LogP contribution in [0.3, 0.4) is 0 Å². The van der Waals surface area contributed by atoms with Gasteiger partial charge in [0, 0.05) is 18.7 Å². The first-order valence-electron chi connectivity index (χ1n) is 8.44. The predicted octanol–water partition coefficient (Wildman–Crippen LogP) is 2.57. The molecule has 0 heterocycles. The number of rotatable bonds is 10. The van der Waals surface area contributed by atoms with Gasteiger partial charge in [-0.1, -0.05) is 0 Å². The molecule has 2 aromatic rings. The normalized spacial score (nSPS) is 11.1. The van der Waals surface area contributed by atoms with Crippen molar-refractivity contribution < 1.29 is 27.7 Å². The maximum atomic E-state index is 12.4. The highest BCUT2D eigenvalue weighted by molar-refractivity contribution is 7.89. The summed E-state index contributed by atoms with van der Waals surface area (Å²) in [6, 6.07) is 8.30. The Labute approximate surface area is 166 Å². The minimum atomic E-state index is -4.22. The highest BCUT2D eigenvalue weighted by Gasteiger charge is 2.27. The van der Waals surface area contributed by atoms with E-state index in [2.05, 4.69) is 4.72 Å². The number of sulfonamides is 1. The minimum absolute atomic E-state index is 0.0245. The molecule has 2 aromatic carbocycles. The number of nitro benzene ring substituents is 2. The molecule has 29 heavy (non-hydrogen) atoms. The molecule has 2 rings (SSSR count). The molecule has 0 aliphatic rings. The van der Waals surface area contributed by atoms with E-state index in [1.165, 1.54) is 6.92 Å². The van der Waals surface area contributed by atoms with E-state index in [0.29, 0.717) is 18.1 Å². The van der Waals surface area contributed by atoms with Gasteiger partial charge in [-0.25, -0.2) is 13.1 Å². The molecule has 0 saturated heterocycles. The van der Waals surface area contributed by atoms with E-state index in [0.717, 1.165) is 12.1 Å². The second-order valence-corrected chi connectivity index (χ2v) is 7.52. The number of benzene rings is 2. The summed E-state index contributed by atoms with van der Waals surface area (Å²) >= 11 is 0. The van der Waals surface area contributed by atoms with E-state index in [1.807, 2.05) is 6.92 Å². The fourth-order valence-corrected chi connectivity index (χ4v) is 3.47. The van der Waals surface area contributed by atoms with Crippen molar-refractivity contribution >= 4 is 21.4 Å². The lowest BCUT2D eigenvalue weighted by molar-refractivity contribution is -0.395. The van der Waals surface area contributed by atoms with Crippen molar-refractivity contribution in [3.05, 3.63) is 62.2 Å². The monoisotopic (exact) mass is 425 g/mol. The van der Waals surface area contributed by atoms with Gasteiger partial charge in [-0.2, -0.15) is 0 Å². The topological polar surface area (TPSA) is 151 Å². The van der Waals surface area contributed by atoms with Crippen molar-refractivity contribution in [3.8, 4) is 11.5 Å². The number of nitrogens with zero attached hydrogens (tertiary/aromatic N) is 2. The summed E-state index contributed by atoms with van der Waals surface area (Å²) in [6.45, 7) is 3.39. The van der Waals surface area contributed by atoms with Crippen LogP contribution in [-0.4, -0.2) is 38.0 Å². The molecule has 0 unspecified atom stereocenters. The van der Waals surface area contributed by atoms with Gasteiger partial charge in [0.15, 0.2) is 0 Å². The van der Waals surface area contributed by atoms with E-state index in [4.69, 9.17) is 9.47 Å². The number of hydrogen-bond acceptors (Lipinski definition) is 8. The van der Waals surface area contributed by atoms with Crippen LogP contribution < -0.4 is 14.2 Å². The Morgan fingerprint density at radius 2 is 1.45 bits per heavy atom. The second-order valence-electron chi connectivity index (χ2n) is 5.75. The lowest BCUT2D eigenvalue weighted by Crippen LogP contribution is -2.28. The molecule has 156 valence electrons. The Kier molecular flexibility index (Phi) is 7.07. The zero-order valence-electron chi connectivity index (χ0n) is 15.7. The van der Waals surface area contributed by atoms with Gasteiger partial charge in [-0.05, 0) is 38.1 Å². The van der Waals surface area contributed by atoms with Gasteiger partial charge in [0.05, 0.1) is 21.3 Å². The molecule has 0 aliphatic carbocycles. The Balaban J connectivity index is 2.07. The maximum absolute atomic E-state index is 12.4. The second kappa shape index (κ2) is 9.30. The number of ether oxygens (including phenoxy) is 2. The smallest absolute Gasteiger partial charge is 0.280 e. The first-order valence-corrected chi connectivity index (χ1v) is 9.92. The van der Waals surface area contributed by atoms with Gasteiger partial charge in [-0.3, -0.25) is 20.2 Å². The van der Waals surface area contributed by atoms with Crippen LogP contribution in [0.4, 0.5) is 11.4 Å². The van der Waals surface area contributed by atoms with Crippen molar-refractivity contribution in [3.63, 3.8) is 0 Å². The van der Waals surface area contributed by atoms with E-state index >= 15 is 0 Å². The van der Waals surface area contributed by atoms with Crippen LogP contribution in [0.25, 0.3) is 0 Å². The molecule has 0 bridgehead atoms. The molecule has 0 fully saturated rings. The molecular formula is C17H19N3O8S. The number of nitro groups is 2. The van der Waals surface area contributed by atoms with Crippen LogP contribution in [0.15, 0.2) is 41.3 Å². The lowest BCUT2D eigenvalue weighted by atomic mass is 10.1. The standard InChI is InChI=1S/C17H19N3O8S/c1-3-27-13-4-6-14(7-5-13)28-9-8-18-29(25,26)15-10-16(19(21)22)12(2)17(11-15)20(23)24/h4-7,10-11,18H,3,8-9H2,1-2H3. The molecular weight excluding hydrogens is 406 g/mol. The molecule has 0 atom stereocenters. The van der Waals surface area contributed by atoms with E-state index < -0.39 is 36.1 Å². The van der Waals surface area contributed by atoms with Gasteiger partial charge in [-0.15, -0.1) is 0 Å². The summed E-state index contributed by atoms with van der Waals surface area (Å²) in [5.41, 5.74) is -1.52. The highest BCUT2D eigenvalue weighted by Crippen LogP contribution is 2.31. The molecule has 0 saturated carbocycles. The van der Waals surface area contributed by atoms with Gasteiger partial charge >= 0.3 is 0 Å². The van der Waals surface area contributed by atoms with Gasteiger partial charge < -0.3 is 9.47 Å². The molecule has 0 aliphatic heterocycles. The van der Waals surface area contributed by atoms with Crippen LogP contribution in [0.1, 0.15) is 12.5 Å². The molecule has 0 amide bonds. The Morgan fingerprint density at radius 3 is 1.90 bits per heavy atom. The van der Waals surface area contributed by atoms with E-state index in [9.17, 15) is 28.6 Å². The maximum Gasteiger partial charge on any atom is 0.280 e. The zero-order valence-corrected chi connectivity index (χ0v) is 16.5. The van der Waals surface area contributed by atoms with Crippen LogP contribution in [0, 0.1) is 27.2 Å². The van der Waals surface area contributed by atoms with Crippen LogP contribution in [0.5, 0.6) is 11.5 Å². The third-order valence-electron chi connectivity index (χ3n) is 3.83. The first-order chi connectivity index (χ1) is 13.7. The average molecular weight is 425 g/mol. The van der Waals surface area contributed by atoms with Gasteiger partial charge in [0.2, 0.25) is 10.0 Å². The molecule has 0 aromatic heterocycles. The van der Waals surface area contributed by atoms with Crippen LogP contribution in [-0.2, 0) is 10.0 Å². The average Bonchev–Trinajstić information content (AvgIpc) is 2.66. The third-order valence-corrected chi connectivity index (χ3v) is 5.27. The number of hydrogen-bond donors (Lipinski definition) is 1. The zero-order chi connectivity index (χ0) is 21.6. The fourth-order valence-electron chi connectivity index (χ4n) is 2.42. The van der Waals surface area contributed by atoms with Crippen molar-refractivity contribution in [1.82, 2.24) is 4.72 Å². The molecule has 1 N–H and O–H groups in total. The van der Waals surface area contributed by atoms with Crippen molar-refractivity contribution in [1.29, 1.82) is 0 Å². The van der Waals surface area contributed by atoms with Gasteiger partial charge in [0.25, 0.3) is 11.4 Å². The fraction of sp³-hybridized carbons (Fsp3) is 0.294. The Bertz CT molecular complexity index is 971. The van der Waals surface area contributed by atoms with Crippen molar-refractivity contribution in [2.24, 2.45) is 0 Å². The quantitative estimate of drug-likeness (QED) is 0.346. The number of nitrogens with one attached hydrogen (secondary N) is 1. The van der Waals surface area contributed by atoms with Gasteiger partial charge in [0.1, 0.15) is 23.7 Å². The third kappa shape index (κ3) is 5.62.